The van der Waals surface area contributed by atoms with Crippen molar-refractivity contribution in [1.29, 1.82) is 0 Å². The number of anilines is 1. The van der Waals surface area contributed by atoms with Gasteiger partial charge in [-0.05, 0) is 43.4 Å². The first-order valence-electron chi connectivity index (χ1n) is 7.39. The maximum absolute atomic E-state index is 12.1. The SMILES string of the molecule is CCC1CCCC(Nc2cccc(Br)c2)(C(N)=O)CC1. The smallest absolute Gasteiger partial charge is 0.243 e. The van der Waals surface area contributed by atoms with Crippen LogP contribution in [0, 0.1) is 5.92 Å². The Morgan fingerprint density at radius 3 is 2.90 bits per heavy atom. The second-order valence-electron chi connectivity index (χ2n) is 5.79. The van der Waals surface area contributed by atoms with E-state index in [0.717, 1.165) is 41.8 Å². The van der Waals surface area contributed by atoms with E-state index in [9.17, 15) is 4.79 Å². The van der Waals surface area contributed by atoms with Gasteiger partial charge in [0.1, 0.15) is 5.54 Å². The molecule has 0 spiro atoms. The lowest BCUT2D eigenvalue weighted by molar-refractivity contribution is -0.122. The predicted molar refractivity (Wildman–Crippen MR) is 86.6 cm³/mol. The van der Waals surface area contributed by atoms with Crippen molar-refractivity contribution in [1.82, 2.24) is 0 Å². The molecule has 1 fully saturated rings. The first-order valence-corrected chi connectivity index (χ1v) is 8.19. The number of primary amides is 1. The molecule has 0 radical (unpaired) electrons. The highest BCUT2D eigenvalue weighted by atomic mass is 79.9. The van der Waals surface area contributed by atoms with Crippen molar-refractivity contribution >= 4 is 27.5 Å². The first kappa shape index (κ1) is 15.4. The molecule has 0 aromatic heterocycles. The lowest BCUT2D eigenvalue weighted by Crippen LogP contribution is -2.50. The summed E-state index contributed by atoms with van der Waals surface area (Å²) in [5.74, 6) is 0.495. The standard InChI is InChI=1S/C16H23BrN2O/c1-2-12-5-4-9-16(10-8-12,15(18)20)19-14-7-3-6-13(17)11-14/h3,6-7,11-12,19H,2,4-5,8-10H2,1H3,(H2,18,20). The number of nitrogens with two attached hydrogens (primary N) is 1. The molecule has 4 heteroatoms. The molecular weight excluding hydrogens is 316 g/mol. The zero-order chi connectivity index (χ0) is 14.6. The third-order valence-corrected chi connectivity index (χ3v) is 4.95. The molecule has 2 rings (SSSR count). The summed E-state index contributed by atoms with van der Waals surface area (Å²) in [6.45, 7) is 2.23. The van der Waals surface area contributed by atoms with Crippen LogP contribution in [0.1, 0.15) is 45.4 Å². The number of amides is 1. The number of carbonyl (C=O) groups excluding carboxylic acids is 1. The van der Waals surface area contributed by atoms with Crippen LogP contribution in [0.3, 0.4) is 0 Å². The Kier molecular flexibility index (Phi) is 5.08. The van der Waals surface area contributed by atoms with E-state index >= 15 is 0 Å². The summed E-state index contributed by atoms with van der Waals surface area (Å²) in [5, 5.41) is 3.41. The van der Waals surface area contributed by atoms with Crippen molar-refractivity contribution in [2.45, 2.75) is 51.0 Å². The van der Waals surface area contributed by atoms with Gasteiger partial charge in [-0.3, -0.25) is 4.79 Å². The van der Waals surface area contributed by atoms with Gasteiger partial charge in [0.15, 0.2) is 0 Å². The van der Waals surface area contributed by atoms with Crippen molar-refractivity contribution in [2.75, 3.05) is 5.32 Å². The van der Waals surface area contributed by atoms with Gasteiger partial charge >= 0.3 is 0 Å². The number of rotatable bonds is 4. The summed E-state index contributed by atoms with van der Waals surface area (Å²) < 4.78 is 1.00. The molecule has 3 nitrogen and oxygen atoms in total. The molecule has 2 unspecified atom stereocenters. The zero-order valence-electron chi connectivity index (χ0n) is 12.0. The third-order valence-electron chi connectivity index (χ3n) is 4.45. The van der Waals surface area contributed by atoms with E-state index in [1.165, 1.54) is 12.8 Å². The summed E-state index contributed by atoms with van der Waals surface area (Å²) in [7, 11) is 0. The van der Waals surface area contributed by atoms with E-state index in [2.05, 4.69) is 28.2 Å². The Morgan fingerprint density at radius 2 is 2.25 bits per heavy atom. The van der Waals surface area contributed by atoms with Crippen molar-refractivity contribution in [3.05, 3.63) is 28.7 Å². The highest BCUT2D eigenvalue weighted by Gasteiger charge is 2.38. The minimum Gasteiger partial charge on any atom is -0.371 e. The minimum absolute atomic E-state index is 0.228. The molecule has 110 valence electrons. The fraction of sp³-hybridized carbons (Fsp3) is 0.562. The highest BCUT2D eigenvalue weighted by Crippen LogP contribution is 2.34. The van der Waals surface area contributed by atoms with Gasteiger partial charge in [0.2, 0.25) is 5.91 Å². The molecule has 0 heterocycles. The average molecular weight is 339 g/mol. The maximum Gasteiger partial charge on any atom is 0.243 e. The number of benzene rings is 1. The molecule has 0 bridgehead atoms. The van der Waals surface area contributed by atoms with E-state index in [1.54, 1.807) is 0 Å². The van der Waals surface area contributed by atoms with Crippen LogP contribution in [0.5, 0.6) is 0 Å². The summed E-state index contributed by atoms with van der Waals surface area (Å²) in [4.78, 5) is 12.1. The topological polar surface area (TPSA) is 55.1 Å². The highest BCUT2D eigenvalue weighted by molar-refractivity contribution is 9.10. The lowest BCUT2D eigenvalue weighted by atomic mass is 9.88. The molecule has 0 saturated heterocycles. The molecule has 20 heavy (non-hydrogen) atoms. The summed E-state index contributed by atoms with van der Waals surface area (Å²) >= 11 is 3.46. The fourth-order valence-electron chi connectivity index (χ4n) is 3.10. The Balaban J connectivity index is 2.19. The minimum atomic E-state index is -0.593. The summed E-state index contributed by atoms with van der Waals surface area (Å²) in [6, 6.07) is 7.92. The van der Waals surface area contributed by atoms with Gasteiger partial charge in [-0.15, -0.1) is 0 Å². The Bertz CT molecular complexity index is 477. The normalized spacial score (nSPS) is 26.8. The van der Waals surface area contributed by atoms with Crippen LogP contribution in [-0.2, 0) is 4.79 Å². The van der Waals surface area contributed by atoms with Crippen molar-refractivity contribution in [3.63, 3.8) is 0 Å². The van der Waals surface area contributed by atoms with Crippen LogP contribution in [0.4, 0.5) is 5.69 Å². The van der Waals surface area contributed by atoms with Gasteiger partial charge in [-0.25, -0.2) is 0 Å². The molecule has 1 aliphatic rings. The number of halogens is 1. The largest absolute Gasteiger partial charge is 0.371 e. The second-order valence-corrected chi connectivity index (χ2v) is 6.70. The predicted octanol–water partition coefficient (Wildman–Crippen LogP) is 4.08. The third kappa shape index (κ3) is 3.54. The quantitative estimate of drug-likeness (QED) is 0.813. The lowest BCUT2D eigenvalue weighted by Gasteiger charge is -2.32. The Labute approximate surface area is 129 Å². The van der Waals surface area contributed by atoms with Crippen molar-refractivity contribution in [2.24, 2.45) is 11.7 Å². The van der Waals surface area contributed by atoms with Crippen LogP contribution in [0.25, 0.3) is 0 Å². The Hall–Kier alpha value is -1.03. The van der Waals surface area contributed by atoms with Gasteiger partial charge in [0.25, 0.3) is 0 Å². The van der Waals surface area contributed by atoms with E-state index in [4.69, 9.17) is 5.73 Å². The van der Waals surface area contributed by atoms with Crippen LogP contribution < -0.4 is 11.1 Å². The van der Waals surface area contributed by atoms with Crippen molar-refractivity contribution in [3.8, 4) is 0 Å². The van der Waals surface area contributed by atoms with E-state index in [-0.39, 0.29) is 5.91 Å². The maximum atomic E-state index is 12.1. The molecule has 1 aromatic carbocycles. The number of hydrogen-bond donors (Lipinski definition) is 2. The van der Waals surface area contributed by atoms with Gasteiger partial charge in [0, 0.05) is 10.2 Å². The second kappa shape index (κ2) is 6.61. The first-order chi connectivity index (χ1) is 9.55. The fourth-order valence-corrected chi connectivity index (χ4v) is 3.50. The molecule has 2 atom stereocenters. The number of hydrogen-bond acceptors (Lipinski definition) is 2. The van der Waals surface area contributed by atoms with Gasteiger partial charge in [0.05, 0.1) is 0 Å². The monoisotopic (exact) mass is 338 g/mol. The van der Waals surface area contributed by atoms with Gasteiger partial charge in [-0.2, -0.15) is 0 Å². The molecule has 1 aliphatic carbocycles. The van der Waals surface area contributed by atoms with Gasteiger partial charge < -0.3 is 11.1 Å². The van der Waals surface area contributed by atoms with E-state index in [0.29, 0.717) is 0 Å². The van der Waals surface area contributed by atoms with Crippen LogP contribution >= 0.6 is 15.9 Å². The van der Waals surface area contributed by atoms with Crippen LogP contribution in [0.15, 0.2) is 28.7 Å². The molecular formula is C16H23BrN2O. The van der Waals surface area contributed by atoms with Gasteiger partial charge in [-0.1, -0.05) is 48.2 Å². The molecule has 1 saturated carbocycles. The number of carbonyl (C=O) groups is 1. The molecule has 1 aromatic rings. The van der Waals surface area contributed by atoms with Crippen LogP contribution in [0.2, 0.25) is 0 Å². The number of nitrogens with one attached hydrogen (secondary N) is 1. The zero-order valence-corrected chi connectivity index (χ0v) is 13.6. The van der Waals surface area contributed by atoms with Crippen LogP contribution in [-0.4, -0.2) is 11.4 Å². The molecule has 0 aliphatic heterocycles. The summed E-state index contributed by atoms with van der Waals surface area (Å²) in [5.41, 5.74) is 6.09. The summed E-state index contributed by atoms with van der Waals surface area (Å²) in [6.07, 6.45) is 6.17. The van der Waals surface area contributed by atoms with E-state index in [1.807, 2.05) is 24.3 Å². The average Bonchev–Trinajstić information content (AvgIpc) is 2.62. The Morgan fingerprint density at radius 1 is 1.45 bits per heavy atom. The molecule has 3 N–H and O–H groups in total. The van der Waals surface area contributed by atoms with Crippen molar-refractivity contribution < 1.29 is 4.79 Å². The molecule has 1 amide bonds. The van der Waals surface area contributed by atoms with E-state index < -0.39 is 5.54 Å².